The Morgan fingerprint density at radius 3 is 2.60 bits per heavy atom. The topological polar surface area (TPSA) is 41.1 Å². The van der Waals surface area contributed by atoms with E-state index in [1.165, 1.54) is 12.1 Å². The predicted molar refractivity (Wildman–Crippen MR) is 77.9 cm³/mol. The molecule has 0 aliphatic heterocycles. The second-order valence-corrected chi connectivity index (χ2v) is 4.56. The van der Waals surface area contributed by atoms with Crippen LogP contribution in [-0.2, 0) is 4.79 Å². The Morgan fingerprint density at radius 1 is 1.15 bits per heavy atom. The average Bonchev–Trinajstić information content (AvgIpc) is 2.46. The lowest BCUT2D eigenvalue weighted by atomic mass is 10.1. The van der Waals surface area contributed by atoms with Gasteiger partial charge in [0.25, 0.3) is 0 Å². The van der Waals surface area contributed by atoms with Gasteiger partial charge in [-0.25, -0.2) is 4.39 Å². The molecule has 0 saturated heterocycles. The van der Waals surface area contributed by atoms with E-state index in [1.807, 2.05) is 37.3 Å². The third-order valence-electron chi connectivity index (χ3n) is 2.95. The summed E-state index contributed by atoms with van der Waals surface area (Å²) in [6.45, 7) is 2.04. The minimum Gasteiger partial charge on any atom is -0.376 e. The number of amides is 1. The number of halogens is 1. The maximum Gasteiger partial charge on any atom is 0.239 e. The molecule has 0 fully saturated rings. The van der Waals surface area contributed by atoms with E-state index in [2.05, 4.69) is 10.6 Å². The van der Waals surface area contributed by atoms with Gasteiger partial charge in [0, 0.05) is 5.69 Å². The van der Waals surface area contributed by atoms with Gasteiger partial charge in [-0.1, -0.05) is 36.4 Å². The van der Waals surface area contributed by atoms with Crippen molar-refractivity contribution in [3.63, 3.8) is 0 Å². The Bertz CT molecular complexity index is 572. The molecule has 1 amide bonds. The number of hydrogen-bond donors (Lipinski definition) is 2. The maximum atomic E-state index is 13.0. The molecule has 0 aliphatic rings. The lowest BCUT2D eigenvalue weighted by Gasteiger charge is -2.15. The largest absolute Gasteiger partial charge is 0.376 e. The van der Waals surface area contributed by atoms with Gasteiger partial charge in [-0.15, -0.1) is 0 Å². The van der Waals surface area contributed by atoms with Crippen LogP contribution in [0.25, 0.3) is 0 Å². The molecule has 2 N–H and O–H groups in total. The first-order valence-corrected chi connectivity index (χ1v) is 6.49. The van der Waals surface area contributed by atoms with Gasteiger partial charge in [0.1, 0.15) is 5.82 Å². The molecule has 0 aliphatic carbocycles. The highest BCUT2D eigenvalue weighted by Gasteiger charge is 2.08. The summed E-state index contributed by atoms with van der Waals surface area (Å²) < 4.78 is 13.0. The van der Waals surface area contributed by atoms with Crippen LogP contribution in [0.15, 0.2) is 54.6 Å². The molecule has 3 nitrogen and oxygen atoms in total. The number of carbonyl (C=O) groups is 1. The molecule has 0 saturated carbocycles. The molecule has 1 atom stereocenters. The van der Waals surface area contributed by atoms with Gasteiger partial charge in [-0.3, -0.25) is 4.79 Å². The van der Waals surface area contributed by atoms with Crippen molar-refractivity contribution >= 4 is 11.6 Å². The normalized spacial score (nSPS) is 11.7. The van der Waals surface area contributed by atoms with E-state index in [-0.39, 0.29) is 24.3 Å². The quantitative estimate of drug-likeness (QED) is 0.878. The van der Waals surface area contributed by atoms with Crippen molar-refractivity contribution in [2.75, 3.05) is 11.9 Å². The zero-order chi connectivity index (χ0) is 14.4. The van der Waals surface area contributed by atoms with Crippen molar-refractivity contribution in [2.24, 2.45) is 0 Å². The number of rotatable bonds is 5. The van der Waals surface area contributed by atoms with Crippen molar-refractivity contribution < 1.29 is 9.18 Å². The lowest BCUT2D eigenvalue weighted by molar-refractivity contribution is -0.120. The summed E-state index contributed by atoms with van der Waals surface area (Å²) in [6.07, 6.45) is 0. The maximum absolute atomic E-state index is 13.0. The fourth-order valence-electron chi connectivity index (χ4n) is 1.90. The van der Waals surface area contributed by atoms with E-state index in [0.717, 1.165) is 5.56 Å². The van der Waals surface area contributed by atoms with Crippen molar-refractivity contribution in [2.45, 2.75) is 13.0 Å². The SMILES string of the molecule is C[C@@H](NC(=O)CNc1cccc(F)c1)c1ccccc1. The second kappa shape index (κ2) is 6.70. The molecule has 0 aromatic heterocycles. The van der Waals surface area contributed by atoms with Gasteiger partial charge in [0.05, 0.1) is 12.6 Å². The summed E-state index contributed by atoms with van der Waals surface area (Å²) in [6, 6.07) is 15.7. The summed E-state index contributed by atoms with van der Waals surface area (Å²) in [5.74, 6) is -0.460. The molecule has 2 aromatic rings. The summed E-state index contributed by atoms with van der Waals surface area (Å²) in [7, 11) is 0. The summed E-state index contributed by atoms with van der Waals surface area (Å²) in [5, 5.41) is 5.78. The van der Waals surface area contributed by atoms with Crippen LogP contribution >= 0.6 is 0 Å². The van der Waals surface area contributed by atoms with Gasteiger partial charge in [0.2, 0.25) is 5.91 Å². The highest BCUT2D eigenvalue weighted by Crippen LogP contribution is 2.11. The molecule has 0 unspecified atom stereocenters. The fraction of sp³-hybridized carbons (Fsp3) is 0.188. The zero-order valence-electron chi connectivity index (χ0n) is 11.3. The molecule has 0 heterocycles. The summed E-state index contributed by atoms with van der Waals surface area (Å²) >= 11 is 0. The highest BCUT2D eigenvalue weighted by atomic mass is 19.1. The summed E-state index contributed by atoms with van der Waals surface area (Å²) in [4.78, 5) is 11.8. The molecule has 4 heteroatoms. The van der Waals surface area contributed by atoms with Crippen LogP contribution in [-0.4, -0.2) is 12.5 Å². The number of carbonyl (C=O) groups excluding carboxylic acids is 1. The number of benzene rings is 2. The van der Waals surface area contributed by atoms with Crippen LogP contribution in [0.5, 0.6) is 0 Å². The van der Waals surface area contributed by atoms with Gasteiger partial charge in [0.15, 0.2) is 0 Å². The standard InChI is InChI=1S/C16H17FN2O/c1-12(13-6-3-2-4-7-13)19-16(20)11-18-15-9-5-8-14(17)10-15/h2-10,12,18H,11H2,1H3,(H,19,20)/t12-/m1/s1. The molecular formula is C16H17FN2O. The predicted octanol–water partition coefficient (Wildman–Crippen LogP) is 3.12. The molecule has 104 valence electrons. The monoisotopic (exact) mass is 272 g/mol. The van der Waals surface area contributed by atoms with Crippen molar-refractivity contribution in [3.05, 3.63) is 66.0 Å². The Balaban J connectivity index is 1.84. The Kier molecular flexibility index (Phi) is 4.71. The minimum absolute atomic E-state index is 0.0574. The smallest absolute Gasteiger partial charge is 0.239 e. The summed E-state index contributed by atoms with van der Waals surface area (Å²) in [5.41, 5.74) is 1.64. The molecule has 20 heavy (non-hydrogen) atoms. The van der Waals surface area contributed by atoms with Crippen LogP contribution in [0.3, 0.4) is 0 Å². The number of hydrogen-bond acceptors (Lipinski definition) is 2. The van der Waals surface area contributed by atoms with Crippen LogP contribution in [0, 0.1) is 5.82 Å². The van der Waals surface area contributed by atoms with Crippen LogP contribution in [0.2, 0.25) is 0 Å². The third kappa shape index (κ3) is 4.09. The van der Waals surface area contributed by atoms with Gasteiger partial charge < -0.3 is 10.6 Å². The second-order valence-electron chi connectivity index (χ2n) is 4.56. The van der Waals surface area contributed by atoms with Crippen LogP contribution in [0.4, 0.5) is 10.1 Å². The molecule has 2 aromatic carbocycles. The number of anilines is 1. The van der Waals surface area contributed by atoms with Crippen molar-refractivity contribution in [1.29, 1.82) is 0 Å². The van der Waals surface area contributed by atoms with E-state index >= 15 is 0 Å². The minimum atomic E-state index is -0.326. The Morgan fingerprint density at radius 2 is 1.90 bits per heavy atom. The van der Waals surface area contributed by atoms with E-state index in [0.29, 0.717) is 5.69 Å². The molecule has 0 spiro atoms. The molecule has 0 bridgehead atoms. The van der Waals surface area contributed by atoms with E-state index < -0.39 is 0 Å². The average molecular weight is 272 g/mol. The molecular weight excluding hydrogens is 255 g/mol. The van der Waals surface area contributed by atoms with Gasteiger partial charge in [-0.2, -0.15) is 0 Å². The van der Waals surface area contributed by atoms with E-state index in [1.54, 1.807) is 12.1 Å². The lowest BCUT2D eigenvalue weighted by Crippen LogP contribution is -2.32. The molecule has 2 rings (SSSR count). The molecule has 0 radical (unpaired) electrons. The first-order valence-electron chi connectivity index (χ1n) is 6.49. The number of nitrogens with one attached hydrogen (secondary N) is 2. The third-order valence-corrected chi connectivity index (χ3v) is 2.95. The first-order chi connectivity index (χ1) is 9.65. The Hall–Kier alpha value is -2.36. The van der Waals surface area contributed by atoms with Crippen LogP contribution < -0.4 is 10.6 Å². The van der Waals surface area contributed by atoms with Crippen LogP contribution in [0.1, 0.15) is 18.5 Å². The fourth-order valence-corrected chi connectivity index (χ4v) is 1.90. The first kappa shape index (κ1) is 14.1. The highest BCUT2D eigenvalue weighted by molar-refractivity contribution is 5.81. The van der Waals surface area contributed by atoms with Crippen molar-refractivity contribution in [1.82, 2.24) is 5.32 Å². The zero-order valence-corrected chi connectivity index (χ0v) is 11.3. The van der Waals surface area contributed by atoms with Gasteiger partial charge >= 0.3 is 0 Å². The van der Waals surface area contributed by atoms with Gasteiger partial charge in [-0.05, 0) is 30.7 Å². The van der Waals surface area contributed by atoms with E-state index in [9.17, 15) is 9.18 Å². The van der Waals surface area contributed by atoms with E-state index in [4.69, 9.17) is 0 Å². The Labute approximate surface area is 117 Å². The van der Waals surface area contributed by atoms with Crippen molar-refractivity contribution in [3.8, 4) is 0 Å².